The second-order valence-corrected chi connectivity index (χ2v) is 6.94. The Balaban J connectivity index is 1.53. The Labute approximate surface area is 148 Å². The molecule has 1 atom stereocenters. The van der Waals surface area contributed by atoms with Crippen molar-refractivity contribution < 1.29 is 9.53 Å². The van der Waals surface area contributed by atoms with Crippen molar-refractivity contribution >= 4 is 29.1 Å². The van der Waals surface area contributed by atoms with Crippen LogP contribution < -0.4 is 15.5 Å². The van der Waals surface area contributed by atoms with E-state index in [9.17, 15) is 4.79 Å². The number of carbonyl (C=O) groups excluding carboxylic acids is 1. The second-order valence-electron chi connectivity index (χ2n) is 6.53. The van der Waals surface area contributed by atoms with Gasteiger partial charge in [0.15, 0.2) is 5.11 Å². The van der Waals surface area contributed by atoms with Gasteiger partial charge in [0.25, 0.3) is 0 Å². The van der Waals surface area contributed by atoms with E-state index in [4.69, 9.17) is 17.0 Å². The second kappa shape index (κ2) is 7.83. The predicted molar refractivity (Wildman–Crippen MR) is 99.3 cm³/mol. The lowest BCUT2D eigenvalue weighted by atomic mass is 9.96. The molecular weight excluding hydrogens is 322 g/mol. The van der Waals surface area contributed by atoms with Gasteiger partial charge in [0.1, 0.15) is 6.61 Å². The van der Waals surface area contributed by atoms with Crippen molar-refractivity contribution in [3.05, 3.63) is 29.8 Å². The van der Waals surface area contributed by atoms with Crippen molar-refractivity contribution in [1.29, 1.82) is 0 Å². The van der Waals surface area contributed by atoms with Crippen LogP contribution in [0.4, 0.5) is 10.5 Å². The molecule has 2 N–H and O–H groups in total. The number of rotatable bonds is 4. The lowest BCUT2D eigenvalue weighted by molar-refractivity contribution is 0.181. The molecule has 6 heteroatoms. The molecule has 2 aliphatic rings. The Hall–Kier alpha value is -1.82. The van der Waals surface area contributed by atoms with Gasteiger partial charge >= 0.3 is 6.09 Å². The number of benzene rings is 1. The first-order valence-electron chi connectivity index (χ1n) is 8.75. The van der Waals surface area contributed by atoms with E-state index in [0.29, 0.717) is 19.2 Å². The minimum atomic E-state index is -0.271. The number of cyclic esters (lactones) is 1. The largest absolute Gasteiger partial charge is 0.447 e. The summed E-state index contributed by atoms with van der Waals surface area (Å²) >= 11 is 5.45. The Morgan fingerprint density at radius 2 is 1.96 bits per heavy atom. The van der Waals surface area contributed by atoms with Gasteiger partial charge in [0.05, 0.1) is 12.6 Å². The Morgan fingerprint density at radius 3 is 2.58 bits per heavy atom. The molecule has 1 saturated carbocycles. The van der Waals surface area contributed by atoms with Gasteiger partial charge < -0.3 is 15.4 Å². The van der Waals surface area contributed by atoms with Crippen LogP contribution in [0.5, 0.6) is 0 Å². The zero-order chi connectivity index (χ0) is 16.9. The van der Waals surface area contributed by atoms with Crippen LogP contribution in [0, 0.1) is 0 Å². The van der Waals surface area contributed by atoms with Crippen LogP contribution in [-0.4, -0.2) is 30.4 Å². The molecule has 1 aromatic rings. The third kappa shape index (κ3) is 4.17. The summed E-state index contributed by atoms with van der Waals surface area (Å²) in [4.78, 5) is 13.2. The van der Waals surface area contributed by atoms with E-state index >= 15 is 0 Å². The standard InChI is InChI=1S/C18H25N3O2S/c1-13(19-17(24)20-15-5-3-2-4-6-15)14-7-9-16(10-8-14)21-11-12-23-18(21)22/h7-10,13,15H,2-6,11-12H2,1H3,(H2,19,20,24)/t13-/m0/s1. The number of amides is 1. The number of ether oxygens (including phenoxy) is 1. The minimum absolute atomic E-state index is 0.119. The van der Waals surface area contributed by atoms with E-state index in [1.165, 1.54) is 32.1 Å². The van der Waals surface area contributed by atoms with Crippen molar-refractivity contribution in [2.45, 2.75) is 51.1 Å². The van der Waals surface area contributed by atoms with Gasteiger partial charge in [-0.05, 0) is 49.7 Å². The van der Waals surface area contributed by atoms with Crippen LogP contribution >= 0.6 is 12.2 Å². The lowest BCUT2D eigenvalue weighted by Crippen LogP contribution is -2.43. The van der Waals surface area contributed by atoms with Crippen molar-refractivity contribution in [2.75, 3.05) is 18.1 Å². The van der Waals surface area contributed by atoms with Gasteiger partial charge in [-0.1, -0.05) is 31.4 Å². The van der Waals surface area contributed by atoms with Crippen molar-refractivity contribution in [3.63, 3.8) is 0 Å². The van der Waals surface area contributed by atoms with E-state index in [-0.39, 0.29) is 12.1 Å². The molecule has 1 saturated heterocycles. The van der Waals surface area contributed by atoms with Gasteiger partial charge in [-0.3, -0.25) is 4.90 Å². The number of hydrogen-bond acceptors (Lipinski definition) is 3. The number of nitrogens with one attached hydrogen (secondary N) is 2. The molecule has 2 fully saturated rings. The molecule has 5 nitrogen and oxygen atoms in total. The Morgan fingerprint density at radius 1 is 1.25 bits per heavy atom. The molecule has 0 bridgehead atoms. The number of carbonyl (C=O) groups is 1. The van der Waals surface area contributed by atoms with E-state index in [0.717, 1.165) is 16.4 Å². The molecule has 1 aliphatic carbocycles. The highest BCUT2D eigenvalue weighted by Crippen LogP contribution is 2.22. The summed E-state index contributed by atoms with van der Waals surface area (Å²) in [5.41, 5.74) is 2.01. The minimum Gasteiger partial charge on any atom is -0.447 e. The van der Waals surface area contributed by atoms with Crippen LogP contribution in [0.15, 0.2) is 24.3 Å². The zero-order valence-corrected chi connectivity index (χ0v) is 14.9. The van der Waals surface area contributed by atoms with Gasteiger partial charge in [0, 0.05) is 11.7 Å². The number of hydrogen-bond donors (Lipinski definition) is 2. The number of nitrogens with zero attached hydrogens (tertiary/aromatic N) is 1. The predicted octanol–water partition coefficient (Wildman–Crippen LogP) is 3.50. The molecular formula is C18H25N3O2S. The van der Waals surface area contributed by atoms with Crippen LogP contribution in [0.2, 0.25) is 0 Å². The molecule has 0 aromatic heterocycles. The molecule has 1 aliphatic heterocycles. The molecule has 0 spiro atoms. The Bertz CT molecular complexity index is 584. The maximum atomic E-state index is 11.6. The van der Waals surface area contributed by atoms with Gasteiger partial charge in [-0.25, -0.2) is 4.79 Å². The molecule has 0 unspecified atom stereocenters. The highest BCUT2D eigenvalue weighted by molar-refractivity contribution is 7.80. The summed E-state index contributed by atoms with van der Waals surface area (Å²) < 4.78 is 4.97. The van der Waals surface area contributed by atoms with E-state index in [2.05, 4.69) is 17.6 Å². The summed E-state index contributed by atoms with van der Waals surface area (Å²) in [7, 11) is 0. The fourth-order valence-corrected chi connectivity index (χ4v) is 3.67. The van der Waals surface area contributed by atoms with Gasteiger partial charge in [-0.2, -0.15) is 0 Å². The van der Waals surface area contributed by atoms with Crippen LogP contribution in [0.25, 0.3) is 0 Å². The summed E-state index contributed by atoms with van der Waals surface area (Å²) in [6.45, 7) is 3.16. The highest BCUT2D eigenvalue weighted by atomic mass is 32.1. The molecule has 24 heavy (non-hydrogen) atoms. The normalized spacial score (nSPS) is 19.7. The van der Waals surface area contributed by atoms with Gasteiger partial charge in [0.2, 0.25) is 0 Å². The number of anilines is 1. The SMILES string of the molecule is C[C@H](NC(=S)NC1CCCCC1)c1ccc(N2CCOC2=O)cc1. The number of thiocarbonyl (C=S) groups is 1. The molecule has 1 aromatic carbocycles. The highest BCUT2D eigenvalue weighted by Gasteiger charge is 2.23. The summed E-state index contributed by atoms with van der Waals surface area (Å²) in [6.07, 6.45) is 6.05. The lowest BCUT2D eigenvalue weighted by Gasteiger charge is -2.26. The first kappa shape index (κ1) is 17.0. The van der Waals surface area contributed by atoms with Crippen LogP contribution in [0.3, 0.4) is 0 Å². The quantitative estimate of drug-likeness (QED) is 0.817. The topological polar surface area (TPSA) is 53.6 Å². The fraction of sp³-hybridized carbons (Fsp3) is 0.556. The van der Waals surface area contributed by atoms with Crippen molar-refractivity contribution in [2.24, 2.45) is 0 Å². The first-order chi connectivity index (χ1) is 11.6. The maximum absolute atomic E-state index is 11.6. The van der Waals surface area contributed by atoms with Gasteiger partial charge in [-0.15, -0.1) is 0 Å². The maximum Gasteiger partial charge on any atom is 0.414 e. The van der Waals surface area contributed by atoms with E-state index in [1.807, 2.05) is 24.3 Å². The summed E-state index contributed by atoms with van der Waals surface area (Å²) in [5.74, 6) is 0. The molecule has 130 valence electrons. The zero-order valence-electron chi connectivity index (χ0n) is 14.1. The molecule has 3 rings (SSSR count). The smallest absolute Gasteiger partial charge is 0.414 e. The van der Waals surface area contributed by atoms with E-state index in [1.54, 1.807) is 4.90 Å². The molecule has 0 radical (unpaired) electrons. The van der Waals surface area contributed by atoms with Crippen molar-refractivity contribution in [3.8, 4) is 0 Å². The van der Waals surface area contributed by atoms with Crippen LogP contribution in [0.1, 0.15) is 50.6 Å². The monoisotopic (exact) mass is 347 g/mol. The summed E-state index contributed by atoms with van der Waals surface area (Å²) in [5, 5.41) is 7.51. The van der Waals surface area contributed by atoms with Crippen molar-refractivity contribution in [1.82, 2.24) is 10.6 Å². The van der Waals surface area contributed by atoms with E-state index < -0.39 is 0 Å². The fourth-order valence-electron chi connectivity index (χ4n) is 3.32. The summed E-state index contributed by atoms with van der Waals surface area (Å²) in [6, 6.07) is 8.60. The Kier molecular flexibility index (Phi) is 5.56. The third-order valence-electron chi connectivity index (χ3n) is 4.75. The molecule has 1 heterocycles. The average molecular weight is 347 g/mol. The first-order valence-corrected chi connectivity index (χ1v) is 9.15. The molecule has 1 amide bonds. The van der Waals surface area contributed by atoms with Crippen LogP contribution in [-0.2, 0) is 4.74 Å². The average Bonchev–Trinajstić information content (AvgIpc) is 3.02. The third-order valence-corrected chi connectivity index (χ3v) is 4.99.